The van der Waals surface area contributed by atoms with Gasteiger partial charge in [0, 0.05) is 6.92 Å². The SMILES string of the molecule is CCC/C(=C\c1ccc(F)cc1)COC(C)=O. The van der Waals surface area contributed by atoms with Gasteiger partial charge in [0.25, 0.3) is 0 Å². The molecule has 0 N–H and O–H groups in total. The molecular weight excluding hydrogens is 219 g/mol. The van der Waals surface area contributed by atoms with Crippen LogP contribution >= 0.6 is 0 Å². The lowest BCUT2D eigenvalue weighted by molar-refractivity contribution is -0.140. The van der Waals surface area contributed by atoms with Crippen molar-refractivity contribution in [3.63, 3.8) is 0 Å². The van der Waals surface area contributed by atoms with E-state index in [9.17, 15) is 9.18 Å². The Morgan fingerprint density at radius 1 is 1.35 bits per heavy atom. The molecule has 0 radical (unpaired) electrons. The Balaban J connectivity index is 2.74. The second-order valence-corrected chi connectivity index (χ2v) is 3.88. The van der Waals surface area contributed by atoms with Crippen molar-refractivity contribution < 1.29 is 13.9 Å². The van der Waals surface area contributed by atoms with Crippen LogP contribution in [-0.4, -0.2) is 12.6 Å². The third kappa shape index (κ3) is 5.29. The molecule has 0 heterocycles. The minimum atomic E-state index is -0.286. The highest BCUT2D eigenvalue weighted by Crippen LogP contribution is 2.13. The maximum Gasteiger partial charge on any atom is 0.302 e. The number of hydrogen-bond acceptors (Lipinski definition) is 2. The van der Waals surface area contributed by atoms with Crippen LogP contribution in [0.4, 0.5) is 4.39 Å². The molecular formula is C14H17FO2. The van der Waals surface area contributed by atoms with Crippen LogP contribution in [0, 0.1) is 5.82 Å². The van der Waals surface area contributed by atoms with Gasteiger partial charge in [0.1, 0.15) is 12.4 Å². The van der Waals surface area contributed by atoms with Crippen molar-refractivity contribution in [2.24, 2.45) is 0 Å². The summed E-state index contributed by atoms with van der Waals surface area (Å²) < 4.78 is 17.7. The molecule has 0 aliphatic carbocycles. The topological polar surface area (TPSA) is 26.3 Å². The average Bonchev–Trinajstić information content (AvgIpc) is 2.29. The van der Waals surface area contributed by atoms with E-state index in [1.54, 1.807) is 12.1 Å². The van der Waals surface area contributed by atoms with Crippen molar-refractivity contribution in [3.05, 3.63) is 41.2 Å². The van der Waals surface area contributed by atoms with Crippen LogP contribution in [0.5, 0.6) is 0 Å². The second kappa shape index (κ2) is 6.84. The summed E-state index contributed by atoms with van der Waals surface area (Å²) in [6, 6.07) is 6.25. The Labute approximate surface area is 101 Å². The fourth-order valence-electron chi connectivity index (χ4n) is 1.50. The Hall–Kier alpha value is -1.64. The van der Waals surface area contributed by atoms with Gasteiger partial charge < -0.3 is 4.74 Å². The first kappa shape index (κ1) is 13.4. The van der Waals surface area contributed by atoms with Crippen molar-refractivity contribution in [1.82, 2.24) is 0 Å². The molecule has 92 valence electrons. The highest BCUT2D eigenvalue weighted by molar-refractivity contribution is 5.66. The lowest BCUT2D eigenvalue weighted by atomic mass is 10.1. The number of rotatable bonds is 5. The molecule has 0 saturated heterocycles. The van der Waals surface area contributed by atoms with Gasteiger partial charge in [-0.25, -0.2) is 4.39 Å². The van der Waals surface area contributed by atoms with E-state index in [1.165, 1.54) is 19.1 Å². The molecule has 0 aliphatic heterocycles. The van der Waals surface area contributed by atoms with Gasteiger partial charge in [0.2, 0.25) is 0 Å². The molecule has 1 aromatic carbocycles. The second-order valence-electron chi connectivity index (χ2n) is 3.88. The van der Waals surface area contributed by atoms with E-state index in [2.05, 4.69) is 6.92 Å². The third-order valence-electron chi connectivity index (χ3n) is 2.27. The van der Waals surface area contributed by atoms with Crippen molar-refractivity contribution >= 4 is 12.0 Å². The van der Waals surface area contributed by atoms with Gasteiger partial charge >= 0.3 is 5.97 Å². The fraction of sp³-hybridized carbons (Fsp3) is 0.357. The van der Waals surface area contributed by atoms with E-state index in [-0.39, 0.29) is 11.8 Å². The zero-order valence-electron chi connectivity index (χ0n) is 10.2. The van der Waals surface area contributed by atoms with Crippen LogP contribution in [0.2, 0.25) is 0 Å². The first-order valence-corrected chi connectivity index (χ1v) is 5.70. The molecule has 0 unspecified atom stereocenters. The number of carbonyl (C=O) groups excluding carboxylic acids is 1. The molecule has 0 amide bonds. The minimum absolute atomic E-state index is 0.251. The van der Waals surface area contributed by atoms with Gasteiger partial charge in [-0.05, 0) is 29.7 Å². The summed E-state index contributed by atoms with van der Waals surface area (Å²) >= 11 is 0. The molecule has 0 bridgehead atoms. The number of benzene rings is 1. The predicted molar refractivity (Wildman–Crippen MR) is 65.9 cm³/mol. The Bertz CT molecular complexity index is 393. The van der Waals surface area contributed by atoms with Gasteiger partial charge in [0.15, 0.2) is 0 Å². The van der Waals surface area contributed by atoms with Gasteiger partial charge in [0.05, 0.1) is 0 Å². The lowest BCUT2D eigenvalue weighted by Gasteiger charge is -2.06. The molecule has 0 spiro atoms. The minimum Gasteiger partial charge on any atom is -0.461 e. The summed E-state index contributed by atoms with van der Waals surface area (Å²) in [6.07, 6.45) is 3.78. The van der Waals surface area contributed by atoms with E-state index in [1.807, 2.05) is 6.08 Å². The van der Waals surface area contributed by atoms with E-state index in [4.69, 9.17) is 4.74 Å². The molecule has 3 heteroatoms. The summed E-state index contributed by atoms with van der Waals surface area (Å²) in [5.74, 6) is -0.537. The fourth-order valence-corrected chi connectivity index (χ4v) is 1.50. The van der Waals surface area contributed by atoms with Crippen LogP contribution in [0.25, 0.3) is 6.08 Å². The van der Waals surface area contributed by atoms with Crippen molar-refractivity contribution in [2.45, 2.75) is 26.7 Å². The molecule has 17 heavy (non-hydrogen) atoms. The normalized spacial score (nSPS) is 11.4. The van der Waals surface area contributed by atoms with Gasteiger partial charge in [-0.3, -0.25) is 4.79 Å². The Kier molecular flexibility index (Phi) is 5.40. The number of halogens is 1. The van der Waals surface area contributed by atoms with Crippen molar-refractivity contribution in [3.8, 4) is 0 Å². The molecule has 0 atom stereocenters. The van der Waals surface area contributed by atoms with Crippen LogP contribution < -0.4 is 0 Å². The summed E-state index contributed by atoms with van der Waals surface area (Å²) in [6.45, 7) is 3.76. The molecule has 0 aromatic heterocycles. The lowest BCUT2D eigenvalue weighted by Crippen LogP contribution is -2.03. The number of esters is 1. The number of carbonyl (C=O) groups is 1. The molecule has 1 rings (SSSR count). The Morgan fingerprint density at radius 3 is 2.53 bits per heavy atom. The molecule has 0 fully saturated rings. The quantitative estimate of drug-likeness (QED) is 0.730. The van der Waals surface area contributed by atoms with Crippen molar-refractivity contribution in [2.75, 3.05) is 6.61 Å². The third-order valence-corrected chi connectivity index (χ3v) is 2.27. The standard InChI is InChI=1S/C14H17FO2/c1-3-4-13(10-17-11(2)16)9-12-5-7-14(15)8-6-12/h5-9H,3-4,10H2,1-2H3/b13-9+. The zero-order chi connectivity index (χ0) is 12.7. The summed E-state index contributed by atoms with van der Waals surface area (Å²) in [4.78, 5) is 10.8. The first-order valence-electron chi connectivity index (χ1n) is 5.70. The number of ether oxygens (including phenoxy) is 1. The van der Waals surface area contributed by atoms with Crippen molar-refractivity contribution in [1.29, 1.82) is 0 Å². The van der Waals surface area contributed by atoms with Crippen LogP contribution in [0.15, 0.2) is 29.8 Å². The summed E-state index contributed by atoms with van der Waals surface area (Å²) in [5.41, 5.74) is 1.95. The molecule has 0 aliphatic rings. The highest BCUT2D eigenvalue weighted by Gasteiger charge is 2.00. The maximum absolute atomic E-state index is 12.7. The Morgan fingerprint density at radius 2 is 2.00 bits per heavy atom. The van der Waals surface area contributed by atoms with Gasteiger partial charge in [-0.2, -0.15) is 0 Å². The highest BCUT2D eigenvalue weighted by atomic mass is 19.1. The average molecular weight is 236 g/mol. The largest absolute Gasteiger partial charge is 0.461 e. The number of hydrogen-bond donors (Lipinski definition) is 0. The van der Waals surface area contributed by atoms with Crippen LogP contribution in [0.3, 0.4) is 0 Å². The smallest absolute Gasteiger partial charge is 0.302 e. The van der Waals surface area contributed by atoms with E-state index < -0.39 is 0 Å². The van der Waals surface area contributed by atoms with Crippen LogP contribution in [0.1, 0.15) is 32.3 Å². The zero-order valence-corrected chi connectivity index (χ0v) is 10.2. The first-order chi connectivity index (χ1) is 8.11. The summed E-state index contributed by atoms with van der Waals surface area (Å²) in [5, 5.41) is 0. The maximum atomic E-state index is 12.7. The van der Waals surface area contributed by atoms with E-state index in [0.29, 0.717) is 6.61 Å². The molecule has 1 aromatic rings. The summed E-state index contributed by atoms with van der Waals surface area (Å²) in [7, 11) is 0. The molecule has 0 saturated carbocycles. The van der Waals surface area contributed by atoms with Gasteiger partial charge in [-0.1, -0.05) is 31.6 Å². The monoisotopic (exact) mass is 236 g/mol. The van der Waals surface area contributed by atoms with E-state index >= 15 is 0 Å². The van der Waals surface area contributed by atoms with Crippen LogP contribution in [-0.2, 0) is 9.53 Å². The predicted octanol–water partition coefficient (Wildman–Crippen LogP) is 3.57. The van der Waals surface area contributed by atoms with E-state index in [0.717, 1.165) is 24.0 Å². The molecule has 2 nitrogen and oxygen atoms in total. The van der Waals surface area contributed by atoms with Gasteiger partial charge in [-0.15, -0.1) is 0 Å².